The summed E-state index contributed by atoms with van der Waals surface area (Å²) in [5.41, 5.74) is 1.16. The van der Waals surface area contributed by atoms with E-state index >= 15 is 0 Å². The van der Waals surface area contributed by atoms with E-state index in [1.807, 2.05) is 44.0 Å². The first-order valence-corrected chi connectivity index (χ1v) is 7.07. The van der Waals surface area contributed by atoms with E-state index in [4.69, 9.17) is 4.74 Å². The number of aryl methyl sites for hydroxylation is 1. The van der Waals surface area contributed by atoms with Crippen molar-refractivity contribution in [2.24, 2.45) is 0 Å². The van der Waals surface area contributed by atoms with E-state index in [0.717, 1.165) is 30.3 Å². The third-order valence-electron chi connectivity index (χ3n) is 2.87. The first kappa shape index (κ1) is 15.2. The number of nitrogens with zero attached hydrogens (tertiary/aromatic N) is 4. The first-order chi connectivity index (χ1) is 10.2. The average Bonchev–Trinajstić information content (AvgIpc) is 2.90. The molecule has 21 heavy (non-hydrogen) atoms. The standard InChI is InChI=1S/C14H22N6O/c1-4-21-10-14-18-12(15-3)7-13(19-14)16-5-6-20-9-11(2)8-17-20/h7-9H,4-6,10H2,1-3H3,(H2,15,16,18,19). The van der Waals surface area contributed by atoms with E-state index in [2.05, 4.69) is 25.7 Å². The van der Waals surface area contributed by atoms with Crippen LogP contribution in [0.2, 0.25) is 0 Å². The minimum absolute atomic E-state index is 0.416. The van der Waals surface area contributed by atoms with Gasteiger partial charge in [-0.3, -0.25) is 4.68 Å². The molecule has 114 valence electrons. The highest BCUT2D eigenvalue weighted by Gasteiger charge is 2.04. The normalized spacial score (nSPS) is 10.6. The van der Waals surface area contributed by atoms with Gasteiger partial charge in [0.25, 0.3) is 0 Å². The molecule has 0 amide bonds. The molecule has 0 unspecified atom stereocenters. The highest BCUT2D eigenvalue weighted by molar-refractivity contribution is 5.47. The molecule has 0 aliphatic heterocycles. The summed E-state index contributed by atoms with van der Waals surface area (Å²) < 4.78 is 7.26. The van der Waals surface area contributed by atoms with E-state index in [1.165, 1.54) is 0 Å². The van der Waals surface area contributed by atoms with Gasteiger partial charge in [-0.05, 0) is 19.4 Å². The third kappa shape index (κ3) is 4.71. The Bertz CT molecular complexity index is 568. The Hall–Kier alpha value is -2.15. The molecule has 0 aliphatic carbocycles. The molecule has 0 aromatic carbocycles. The van der Waals surface area contributed by atoms with Crippen molar-refractivity contribution in [1.82, 2.24) is 19.7 Å². The minimum Gasteiger partial charge on any atom is -0.374 e. The topological polar surface area (TPSA) is 76.9 Å². The Kier molecular flexibility index (Phi) is 5.51. The summed E-state index contributed by atoms with van der Waals surface area (Å²) in [6.45, 7) is 6.57. The number of ether oxygens (including phenoxy) is 1. The molecule has 2 N–H and O–H groups in total. The lowest BCUT2D eigenvalue weighted by atomic mass is 10.4. The number of anilines is 2. The molecule has 0 bridgehead atoms. The number of aromatic nitrogens is 4. The van der Waals surface area contributed by atoms with E-state index < -0.39 is 0 Å². The van der Waals surface area contributed by atoms with Crippen LogP contribution in [0, 0.1) is 6.92 Å². The largest absolute Gasteiger partial charge is 0.374 e. The van der Waals surface area contributed by atoms with Crippen LogP contribution in [-0.2, 0) is 17.9 Å². The number of hydrogen-bond acceptors (Lipinski definition) is 6. The van der Waals surface area contributed by atoms with Gasteiger partial charge in [-0.15, -0.1) is 0 Å². The van der Waals surface area contributed by atoms with Crippen molar-refractivity contribution in [1.29, 1.82) is 0 Å². The second-order valence-electron chi connectivity index (χ2n) is 4.65. The van der Waals surface area contributed by atoms with Crippen LogP contribution in [0.1, 0.15) is 18.3 Å². The van der Waals surface area contributed by atoms with E-state index in [1.54, 1.807) is 0 Å². The fraction of sp³-hybridized carbons (Fsp3) is 0.500. The second-order valence-corrected chi connectivity index (χ2v) is 4.65. The van der Waals surface area contributed by atoms with Gasteiger partial charge in [-0.2, -0.15) is 5.10 Å². The Morgan fingerprint density at radius 2 is 2.10 bits per heavy atom. The van der Waals surface area contributed by atoms with Crippen molar-refractivity contribution in [3.8, 4) is 0 Å². The zero-order valence-corrected chi connectivity index (χ0v) is 12.8. The van der Waals surface area contributed by atoms with Crippen molar-refractivity contribution in [3.05, 3.63) is 29.8 Å². The predicted octanol–water partition coefficient (Wildman–Crippen LogP) is 1.67. The Morgan fingerprint density at radius 3 is 2.76 bits per heavy atom. The molecule has 0 fully saturated rings. The van der Waals surface area contributed by atoms with Gasteiger partial charge in [0.15, 0.2) is 5.82 Å². The molecule has 0 saturated heterocycles. The van der Waals surface area contributed by atoms with Gasteiger partial charge >= 0.3 is 0 Å². The summed E-state index contributed by atoms with van der Waals surface area (Å²) in [6.07, 6.45) is 3.87. The molecule has 2 heterocycles. The molecular weight excluding hydrogens is 268 g/mol. The summed E-state index contributed by atoms with van der Waals surface area (Å²) >= 11 is 0. The van der Waals surface area contributed by atoms with Gasteiger partial charge in [0, 0.05) is 32.5 Å². The Labute approximate surface area is 124 Å². The van der Waals surface area contributed by atoms with Gasteiger partial charge < -0.3 is 15.4 Å². The highest BCUT2D eigenvalue weighted by atomic mass is 16.5. The molecule has 7 nitrogen and oxygen atoms in total. The summed E-state index contributed by atoms with van der Waals surface area (Å²) in [5, 5.41) is 10.6. The van der Waals surface area contributed by atoms with Gasteiger partial charge in [0.2, 0.25) is 0 Å². The lowest BCUT2D eigenvalue weighted by molar-refractivity contribution is 0.128. The summed E-state index contributed by atoms with van der Waals surface area (Å²) in [4.78, 5) is 8.79. The summed E-state index contributed by atoms with van der Waals surface area (Å²) in [6, 6.07) is 1.88. The van der Waals surface area contributed by atoms with Crippen molar-refractivity contribution >= 4 is 11.6 Å². The smallest absolute Gasteiger partial charge is 0.158 e. The lowest BCUT2D eigenvalue weighted by Gasteiger charge is -2.10. The van der Waals surface area contributed by atoms with E-state index in [9.17, 15) is 0 Å². The number of rotatable bonds is 8. The van der Waals surface area contributed by atoms with Crippen LogP contribution in [0.25, 0.3) is 0 Å². The van der Waals surface area contributed by atoms with E-state index in [0.29, 0.717) is 19.0 Å². The zero-order valence-electron chi connectivity index (χ0n) is 12.8. The van der Waals surface area contributed by atoms with Crippen LogP contribution in [-0.4, -0.2) is 39.9 Å². The first-order valence-electron chi connectivity index (χ1n) is 7.07. The molecule has 0 saturated carbocycles. The SMILES string of the molecule is CCOCc1nc(NC)cc(NCCn2cc(C)cn2)n1. The van der Waals surface area contributed by atoms with Crippen LogP contribution >= 0.6 is 0 Å². The highest BCUT2D eigenvalue weighted by Crippen LogP contribution is 2.11. The van der Waals surface area contributed by atoms with Crippen molar-refractivity contribution in [2.75, 3.05) is 30.8 Å². The third-order valence-corrected chi connectivity index (χ3v) is 2.87. The molecule has 0 radical (unpaired) electrons. The van der Waals surface area contributed by atoms with Gasteiger partial charge in [-0.1, -0.05) is 0 Å². The van der Waals surface area contributed by atoms with Crippen LogP contribution in [0.15, 0.2) is 18.5 Å². The second kappa shape index (κ2) is 7.58. The maximum Gasteiger partial charge on any atom is 0.158 e. The van der Waals surface area contributed by atoms with Crippen molar-refractivity contribution in [3.63, 3.8) is 0 Å². The van der Waals surface area contributed by atoms with Crippen LogP contribution in [0.5, 0.6) is 0 Å². The zero-order chi connectivity index (χ0) is 15.1. The van der Waals surface area contributed by atoms with Crippen LogP contribution in [0.4, 0.5) is 11.6 Å². The molecule has 0 atom stereocenters. The monoisotopic (exact) mass is 290 g/mol. The Morgan fingerprint density at radius 1 is 1.29 bits per heavy atom. The molecule has 7 heteroatoms. The fourth-order valence-corrected chi connectivity index (χ4v) is 1.86. The summed E-state index contributed by atoms with van der Waals surface area (Å²) in [7, 11) is 1.84. The maximum atomic E-state index is 5.36. The van der Waals surface area contributed by atoms with Crippen LogP contribution in [0.3, 0.4) is 0 Å². The van der Waals surface area contributed by atoms with Crippen LogP contribution < -0.4 is 10.6 Å². The van der Waals surface area contributed by atoms with Gasteiger partial charge in [0.05, 0.1) is 12.7 Å². The maximum absolute atomic E-state index is 5.36. The van der Waals surface area contributed by atoms with Gasteiger partial charge in [0.1, 0.15) is 18.2 Å². The molecule has 2 rings (SSSR count). The van der Waals surface area contributed by atoms with Crippen molar-refractivity contribution in [2.45, 2.75) is 27.0 Å². The number of nitrogens with one attached hydrogen (secondary N) is 2. The summed E-state index contributed by atoms with van der Waals surface area (Å²) in [5.74, 6) is 2.23. The Balaban J connectivity index is 1.94. The van der Waals surface area contributed by atoms with E-state index in [-0.39, 0.29) is 0 Å². The minimum atomic E-state index is 0.416. The lowest BCUT2D eigenvalue weighted by Crippen LogP contribution is -2.13. The van der Waals surface area contributed by atoms with Gasteiger partial charge in [-0.25, -0.2) is 9.97 Å². The molecule has 2 aromatic rings. The predicted molar refractivity (Wildman–Crippen MR) is 82.4 cm³/mol. The molecular formula is C14H22N6O. The fourth-order valence-electron chi connectivity index (χ4n) is 1.86. The number of hydrogen-bond donors (Lipinski definition) is 2. The van der Waals surface area contributed by atoms with Crippen molar-refractivity contribution < 1.29 is 4.74 Å². The molecule has 0 spiro atoms. The molecule has 2 aromatic heterocycles. The average molecular weight is 290 g/mol. The quantitative estimate of drug-likeness (QED) is 0.770. The molecule has 0 aliphatic rings.